The van der Waals surface area contributed by atoms with Crippen molar-refractivity contribution in [3.05, 3.63) is 116 Å². The summed E-state index contributed by atoms with van der Waals surface area (Å²) < 4.78 is 0. The maximum absolute atomic E-state index is 11.0. The van der Waals surface area contributed by atoms with E-state index in [1.807, 2.05) is 0 Å². The Morgan fingerprint density at radius 1 is 0.611 bits per heavy atom. The average Bonchev–Trinajstić information content (AvgIpc) is 2.88. The molecular formula is C26H18N4O6. The van der Waals surface area contributed by atoms with Gasteiger partial charge >= 0.3 is 0 Å². The Bertz CT molecular complexity index is 1420. The van der Waals surface area contributed by atoms with Crippen molar-refractivity contribution < 1.29 is 20.1 Å². The molecule has 10 nitrogen and oxygen atoms in total. The van der Waals surface area contributed by atoms with Gasteiger partial charge in [0.2, 0.25) is 0 Å². The van der Waals surface area contributed by atoms with E-state index in [4.69, 9.17) is 0 Å². The molecule has 0 saturated carbocycles. The maximum Gasteiger partial charge on any atom is 0.270 e. The van der Waals surface area contributed by atoms with Crippen LogP contribution in [-0.4, -0.2) is 30.0 Å². The summed E-state index contributed by atoms with van der Waals surface area (Å²) >= 11 is 0. The number of hydrogen-bond acceptors (Lipinski definition) is 8. The summed E-state index contributed by atoms with van der Waals surface area (Å²) in [6.45, 7) is 0. The molecule has 10 heteroatoms. The van der Waals surface area contributed by atoms with E-state index in [9.17, 15) is 30.4 Å². The van der Waals surface area contributed by atoms with Crippen LogP contribution in [0.25, 0.3) is 35.7 Å². The zero-order valence-corrected chi connectivity index (χ0v) is 18.6. The maximum atomic E-state index is 11.0. The van der Waals surface area contributed by atoms with Gasteiger partial charge in [0, 0.05) is 47.8 Å². The van der Waals surface area contributed by atoms with Gasteiger partial charge in [-0.15, -0.1) is 0 Å². The molecular weight excluding hydrogens is 464 g/mol. The molecule has 0 amide bonds. The summed E-state index contributed by atoms with van der Waals surface area (Å²) in [5, 5.41) is 42.0. The van der Waals surface area contributed by atoms with Gasteiger partial charge < -0.3 is 10.2 Å². The standard InChI is InChI=1S/C26H18N4O6/c31-25-7-5-21(29(33)34)15-19(25)3-1-17-9-11-27-23(13-17)24-14-18(10-12-28-24)2-4-20-16-22(30(35)36)6-8-26(20)32/h1-16,31-32H/b3-1+,4-2+. The van der Waals surface area contributed by atoms with Crippen LogP contribution in [0.3, 0.4) is 0 Å². The monoisotopic (exact) mass is 482 g/mol. The van der Waals surface area contributed by atoms with Crippen molar-refractivity contribution in [3.8, 4) is 22.9 Å². The molecule has 0 unspecified atom stereocenters. The summed E-state index contributed by atoms with van der Waals surface area (Å²) in [5.41, 5.74) is 2.94. The first kappa shape index (κ1) is 23.8. The van der Waals surface area contributed by atoms with Gasteiger partial charge in [0.15, 0.2) is 0 Å². The number of phenolic OH excluding ortho intramolecular Hbond substituents is 2. The van der Waals surface area contributed by atoms with E-state index >= 15 is 0 Å². The van der Waals surface area contributed by atoms with Crippen LogP contribution in [0.15, 0.2) is 73.1 Å². The first-order chi connectivity index (χ1) is 17.3. The number of non-ortho nitro benzene ring substituents is 2. The summed E-state index contributed by atoms with van der Waals surface area (Å²) in [6, 6.07) is 14.6. The Kier molecular flexibility index (Phi) is 6.78. The smallest absolute Gasteiger partial charge is 0.270 e. The van der Waals surface area contributed by atoms with E-state index in [1.54, 1.807) is 61.0 Å². The first-order valence-corrected chi connectivity index (χ1v) is 10.5. The van der Waals surface area contributed by atoms with Gasteiger partial charge in [0.05, 0.1) is 21.2 Å². The fraction of sp³-hybridized carbons (Fsp3) is 0. The van der Waals surface area contributed by atoms with Crippen LogP contribution in [0.4, 0.5) is 11.4 Å². The fourth-order valence-electron chi connectivity index (χ4n) is 3.33. The minimum atomic E-state index is -0.533. The number of rotatable bonds is 7. The highest BCUT2D eigenvalue weighted by molar-refractivity contribution is 5.77. The third-order valence-corrected chi connectivity index (χ3v) is 5.18. The highest BCUT2D eigenvalue weighted by Crippen LogP contribution is 2.27. The van der Waals surface area contributed by atoms with Crippen LogP contribution < -0.4 is 0 Å². The first-order valence-electron chi connectivity index (χ1n) is 10.5. The lowest BCUT2D eigenvalue weighted by atomic mass is 10.1. The fourth-order valence-corrected chi connectivity index (χ4v) is 3.33. The predicted octanol–water partition coefficient (Wildman–Crippen LogP) is 5.71. The SMILES string of the molecule is O=[N+]([O-])c1ccc(O)c(/C=C/c2ccnc(-c3cc(/C=C/c4cc([N+](=O)[O-])ccc4O)ccn3)c2)c1. The highest BCUT2D eigenvalue weighted by atomic mass is 16.6. The van der Waals surface area contributed by atoms with Crippen molar-refractivity contribution in [3.63, 3.8) is 0 Å². The Morgan fingerprint density at radius 2 is 1.03 bits per heavy atom. The second-order valence-corrected chi connectivity index (χ2v) is 7.62. The van der Waals surface area contributed by atoms with Gasteiger partial charge in [-0.1, -0.05) is 24.3 Å². The summed E-state index contributed by atoms with van der Waals surface area (Å²) in [6.07, 6.45) is 9.71. The molecule has 0 aliphatic carbocycles. The molecule has 0 fully saturated rings. The van der Waals surface area contributed by atoms with E-state index in [0.29, 0.717) is 22.5 Å². The second-order valence-electron chi connectivity index (χ2n) is 7.62. The molecule has 178 valence electrons. The molecule has 0 radical (unpaired) electrons. The number of nitrogens with zero attached hydrogens (tertiary/aromatic N) is 4. The number of pyridine rings is 2. The van der Waals surface area contributed by atoms with Crippen molar-refractivity contribution in [1.82, 2.24) is 9.97 Å². The Balaban J connectivity index is 1.58. The molecule has 4 aromatic rings. The number of phenols is 2. The molecule has 2 N–H and O–H groups in total. The van der Waals surface area contributed by atoms with Gasteiger partial charge in [-0.25, -0.2) is 0 Å². The normalized spacial score (nSPS) is 11.2. The molecule has 36 heavy (non-hydrogen) atoms. The van der Waals surface area contributed by atoms with Crippen molar-refractivity contribution in [2.75, 3.05) is 0 Å². The number of aromatic hydroxyl groups is 2. The molecule has 0 atom stereocenters. The summed E-state index contributed by atoms with van der Waals surface area (Å²) in [5.74, 6) is -0.163. The minimum absolute atomic E-state index is 0.0814. The van der Waals surface area contributed by atoms with Crippen molar-refractivity contribution in [1.29, 1.82) is 0 Å². The quantitative estimate of drug-likeness (QED) is 0.251. The van der Waals surface area contributed by atoms with Crippen molar-refractivity contribution in [2.45, 2.75) is 0 Å². The molecule has 0 spiro atoms. The summed E-state index contributed by atoms with van der Waals surface area (Å²) in [7, 11) is 0. The van der Waals surface area contributed by atoms with Crippen molar-refractivity contribution in [2.24, 2.45) is 0 Å². The molecule has 0 saturated heterocycles. The molecule has 0 aliphatic rings. The predicted molar refractivity (Wildman–Crippen MR) is 135 cm³/mol. The van der Waals surface area contributed by atoms with E-state index in [0.717, 1.165) is 11.1 Å². The third-order valence-electron chi connectivity index (χ3n) is 5.18. The largest absolute Gasteiger partial charge is 0.507 e. The number of nitro benzene ring substituents is 2. The number of benzene rings is 2. The third kappa shape index (κ3) is 5.57. The number of nitro groups is 2. The van der Waals surface area contributed by atoms with Gasteiger partial charge in [0.1, 0.15) is 11.5 Å². The van der Waals surface area contributed by atoms with E-state index in [2.05, 4.69) is 9.97 Å². The molecule has 4 rings (SSSR count). The van der Waals surface area contributed by atoms with Crippen molar-refractivity contribution >= 4 is 35.7 Å². The molecule has 2 aromatic carbocycles. The van der Waals surface area contributed by atoms with Gasteiger partial charge in [-0.3, -0.25) is 30.2 Å². The zero-order chi connectivity index (χ0) is 25.7. The topological polar surface area (TPSA) is 153 Å². The molecule has 0 aliphatic heterocycles. The minimum Gasteiger partial charge on any atom is -0.507 e. The highest BCUT2D eigenvalue weighted by Gasteiger charge is 2.10. The lowest BCUT2D eigenvalue weighted by Gasteiger charge is -2.04. The van der Waals surface area contributed by atoms with Crippen LogP contribution in [0.2, 0.25) is 0 Å². The molecule has 2 aromatic heterocycles. The van der Waals surface area contributed by atoms with Crippen LogP contribution in [0.1, 0.15) is 22.3 Å². The number of hydrogen-bond donors (Lipinski definition) is 2. The second kappa shape index (κ2) is 10.3. The Morgan fingerprint density at radius 3 is 1.42 bits per heavy atom. The molecule has 2 heterocycles. The van der Waals surface area contributed by atoms with Gasteiger partial charge in [-0.2, -0.15) is 0 Å². The van der Waals surface area contributed by atoms with Gasteiger partial charge in [-0.05, 0) is 47.5 Å². The van der Waals surface area contributed by atoms with Crippen LogP contribution >= 0.6 is 0 Å². The number of aromatic nitrogens is 2. The Hall–Kier alpha value is -5.38. The van der Waals surface area contributed by atoms with E-state index in [1.165, 1.54) is 36.4 Å². The van der Waals surface area contributed by atoms with E-state index < -0.39 is 9.85 Å². The van der Waals surface area contributed by atoms with Gasteiger partial charge in [0.25, 0.3) is 11.4 Å². The lowest BCUT2D eigenvalue weighted by molar-refractivity contribution is -0.385. The lowest BCUT2D eigenvalue weighted by Crippen LogP contribution is -1.89. The average molecular weight is 482 g/mol. The Labute approximate surface area is 204 Å². The molecule has 0 bridgehead atoms. The van der Waals surface area contributed by atoms with Crippen LogP contribution in [0, 0.1) is 20.2 Å². The summed E-state index contributed by atoms with van der Waals surface area (Å²) in [4.78, 5) is 29.6. The van der Waals surface area contributed by atoms with Crippen LogP contribution in [0.5, 0.6) is 11.5 Å². The van der Waals surface area contributed by atoms with E-state index in [-0.39, 0.29) is 22.9 Å². The van der Waals surface area contributed by atoms with Crippen LogP contribution in [-0.2, 0) is 0 Å². The zero-order valence-electron chi connectivity index (χ0n) is 18.6.